The van der Waals surface area contributed by atoms with Crippen LogP contribution in [0.3, 0.4) is 0 Å². The van der Waals surface area contributed by atoms with E-state index in [0.29, 0.717) is 26.2 Å². The third-order valence-electron chi connectivity index (χ3n) is 3.19. The zero-order chi connectivity index (χ0) is 13.8. The molecule has 0 bridgehead atoms. The van der Waals surface area contributed by atoms with Crippen molar-refractivity contribution in [2.45, 2.75) is 25.8 Å². The Morgan fingerprint density at radius 3 is 2.28 bits per heavy atom. The maximum atomic E-state index is 11.7. The Labute approximate surface area is 108 Å². The topological polar surface area (TPSA) is 95.7 Å². The maximum Gasteiger partial charge on any atom is 0.251 e. The first-order valence-corrected chi connectivity index (χ1v) is 7.94. The number of amides is 1. The number of nitrogens with one attached hydrogen (secondary N) is 1. The molecule has 0 aromatic rings. The van der Waals surface area contributed by atoms with Gasteiger partial charge in [0, 0.05) is 26.2 Å². The smallest absolute Gasteiger partial charge is 0.251 e. The normalized spacial score (nSPS) is 20.6. The van der Waals surface area contributed by atoms with Gasteiger partial charge in [-0.2, -0.15) is 4.31 Å². The van der Waals surface area contributed by atoms with Crippen LogP contribution in [0.2, 0.25) is 0 Å². The predicted molar refractivity (Wildman–Crippen MR) is 69.0 cm³/mol. The van der Waals surface area contributed by atoms with Crippen molar-refractivity contribution in [3.63, 3.8) is 0 Å². The molecule has 8 heteroatoms. The molecule has 1 unspecified atom stereocenters. The minimum atomic E-state index is -3.13. The van der Waals surface area contributed by atoms with Crippen LogP contribution < -0.4 is 11.3 Å². The summed E-state index contributed by atoms with van der Waals surface area (Å²) in [7, 11) is -3.13. The van der Waals surface area contributed by atoms with E-state index in [1.165, 1.54) is 10.6 Å². The molecule has 3 N–H and O–H groups in total. The van der Waals surface area contributed by atoms with Crippen molar-refractivity contribution in [1.82, 2.24) is 14.6 Å². The lowest BCUT2D eigenvalue weighted by molar-refractivity contribution is -0.127. The quantitative estimate of drug-likeness (QED) is 0.371. The van der Waals surface area contributed by atoms with E-state index in [1.54, 1.807) is 0 Å². The highest BCUT2D eigenvalue weighted by Crippen LogP contribution is 2.13. The molecule has 18 heavy (non-hydrogen) atoms. The first kappa shape index (κ1) is 15.4. The molecule has 1 aliphatic heterocycles. The second-order valence-electron chi connectivity index (χ2n) is 4.51. The Kier molecular flexibility index (Phi) is 5.51. The fourth-order valence-electron chi connectivity index (χ4n) is 2.20. The number of piperazine rings is 1. The van der Waals surface area contributed by atoms with Gasteiger partial charge in [0.1, 0.15) is 0 Å². The molecule has 7 nitrogen and oxygen atoms in total. The zero-order valence-electron chi connectivity index (χ0n) is 10.9. The maximum absolute atomic E-state index is 11.7. The van der Waals surface area contributed by atoms with Crippen LogP contribution >= 0.6 is 0 Å². The van der Waals surface area contributed by atoms with Crippen molar-refractivity contribution in [2.75, 3.05) is 32.4 Å². The average Bonchev–Trinajstić information content (AvgIpc) is 2.34. The minimum Gasteiger partial charge on any atom is -0.293 e. The Balaban J connectivity index is 2.62. The van der Waals surface area contributed by atoms with Gasteiger partial charge in [-0.25, -0.2) is 14.3 Å². The Morgan fingerprint density at radius 1 is 1.33 bits per heavy atom. The predicted octanol–water partition coefficient (Wildman–Crippen LogP) is -1.28. The van der Waals surface area contributed by atoms with Crippen LogP contribution in [0.15, 0.2) is 0 Å². The summed E-state index contributed by atoms with van der Waals surface area (Å²) in [5, 5.41) is 0. The summed E-state index contributed by atoms with van der Waals surface area (Å²) >= 11 is 0. The van der Waals surface area contributed by atoms with E-state index in [0.717, 1.165) is 12.8 Å². The number of hydrogen-bond acceptors (Lipinski definition) is 5. The SMILES string of the molecule is CCCC(C(=O)NN)N1CCN(S(C)(=O)=O)CC1. The van der Waals surface area contributed by atoms with Crippen molar-refractivity contribution in [3.8, 4) is 0 Å². The van der Waals surface area contributed by atoms with E-state index in [-0.39, 0.29) is 11.9 Å². The van der Waals surface area contributed by atoms with Crippen molar-refractivity contribution in [3.05, 3.63) is 0 Å². The molecule has 1 rings (SSSR count). The van der Waals surface area contributed by atoms with E-state index in [9.17, 15) is 13.2 Å². The summed E-state index contributed by atoms with van der Waals surface area (Å²) < 4.78 is 24.2. The van der Waals surface area contributed by atoms with Gasteiger partial charge in [-0.3, -0.25) is 15.1 Å². The van der Waals surface area contributed by atoms with Gasteiger partial charge < -0.3 is 0 Å². The molecular formula is C10H22N4O3S. The van der Waals surface area contributed by atoms with Crippen LogP contribution in [0.25, 0.3) is 0 Å². The number of sulfonamides is 1. The molecule has 106 valence electrons. The highest BCUT2D eigenvalue weighted by molar-refractivity contribution is 7.88. The standard InChI is InChI=1S/C10H22N4O3S/c1-3-4-9(10(15)12-11)13-5-7-14(8-6-13)18(2,16)17/h9H,3-8,11H2,1-2H3,(H,12,15). The first-order valence-electron chi connectivity index (χ1n) is 6.09. The van der Waals surface area contributed by atoms with Gasteiger partial charge in [-0.15, -0.1) is 0 Å². The zero-order valence-corrected chi connectivity index (χ0v) is 11.7. The van der Waals surface area contributed by atoms with Crippen LogP contribution in [0, 0.1) is 0 Å². The van der Waals surface area contributed by atoms with Crippen LogP contribution in [0.1, 0.15) is 19.8 Å². The molecular weight excluding hydrogens is 256 g/mol. The molecule has 1 atom stereocenters. The molecule has 0 aliphatic carbocycles. The molecule has 1 heterocycles. The van der Waals surface area contributed by atoms with Crippen LogP contribution in [0.5, 0.6) is 0 Å². The molecule has 0 saturated carbocycles. The number of rotatable bonds is 5. The summed E-state index contributed by atoms with van der Waals surface area (Å²) in [6.07, 6.45) is 2.81. The summed E-state index contributed by atoms with van der Waals surface area (Å²) in [4.78, 5) is 13.7. The van der Waals surface area contributed by atoms with E-state index in [2.05, 4.69) is 5.43 Å². The molecule has 0 radical (unpaired) electrons. The van der Waals surface area contributed by atoms with Crippen molar-refractivity contribution >= 4 is 15.9 Å². The van der Waals surface area contributed by atoms with Crippen LogP contribution in [-0.4, -0.2) is 62.0 Å². The Bertz CT molecular complexity index is 377. The lowest BCUT2D eigenvalue weighted by Crippen LogP contribution is -2.56. The molecule has 1 aliphatic rings. The molecule has 1 saturated heterocycles. The summed E-state index contributed by atoms with van der Waals surface area (Å²) in [6, 6.07) is -0.262. The van der Waals surface area contributed by atoms with Gasteiger partial charge in [0.05, 0.1) is 12.3 Å². The molecule has 0 spiro atoms. The van der Waals surface area contributed by atoms with Gasteiger partial charge in [0.15, 0.2) is 0 Å². The number of carbonyl (C=O) groups excluding carboxylic acids is 1. The highest BCUT2D eigenvalue weighted by atomic mass is 32.2. The number of nitrogens with two attached hydrogens (primary N) is 1. The van der Waals surface area contributed by atoms with Crippen molar-refractivity contribution in [2.24, 2.45) is 5.84 Å². The van der Waals surface area contributed by atoms with Gasteiger partial charge in [-0.1, -0.05) is 13.3 Å². The fraction of sp³-hybridized carbons (Fsp3) is 0.900. The number of hydrazine groups is 1. The van der Waals surface area contributed by atoms with Gasteiger partial charge in [0.25, 0.3) is 5.91 Å². The van der Waals surface area contributed by atoms with E-state index >= 15 is 0 Å². The van der Waals surface area contributed by atoms with Crippen LogP contribution in [-0.2, 0) is 14.8 Å². The van der Waals surface area contributed by atoms with Crippen molar-refractivity contribution < 1.29 is 13.2 Å². The van der Waals surface area contributed by atoms with Crippen LogP contribution in [0.4, 0.5) is 0 Å². The van der Waals surface area contributed by atoms with E-state index in [1.807, 2.05) is 11.8 Å². The Hall–Kier alpha value is -0.700. The van der Waals surface area contributed by atoms with E-state index < -0.39 is 10.0 Å². The lowest BCUT2D eigenvalue weighted by Gasteiger charge is -2.37. The first-order chi connectivity index (χ1) is 8.40. The average molecular weight is 278 g/mol. The Morgan fingerprint density at radius 2 is 1.89 bits per heavy atom. The number of carbonyl (C=O) groups is 1. The van der Waals surface area contributed by atoms with E-state index in [4.69, 9.17) is 5.84 Å². The summed E-state index contributed by atoms with van der Waals surface area (Å²) in [5.41, 5.74) is 2.18. The summed E-state index contributed by atoms with van der Waals surface area (Å²) in [6.45, 7) is 3.98. The number of hydrogen-bond donors (Lipinski definition) is 2. The fourth-order valence-corrected chi connectivity index (χ4v) is 3.02. The van der Waals surface area contributed by atoms with Gasteiger partial charge in [-0.05, 0) is 6.42 Å². The third-order valence-corrected chi connectivity index (χ3v) is 4.49. The van der Waals surface area contributed by atoms with Gasteiger partial charge in [0.2, 0.25) is 10.0 Å². The molecule has 0 aromatic heterocycles. The molecule has 1 fully saturated rings. The molecule has 0 aromatic carbocycles. The second kappa shape index (κ2) is 6.46. The third kappa shape index (κ3) is 3.91. The van der Waals surface area contributed by atoms with Crippen molar-refractivity contribution in [1.29, 1.82) is 0 Å². The highest BCUT2D eigenvalue weighted by Gasteiger charge is 2.30. The largest absolute Gasteiger partial charge is 0.293 e. The number of nitrogens with zero attached hydrogens (tertiary/aromatic N) is 2. The minimum absolute atomic E-state index is 0.204. The second-order valence-corrected chi connectivity index (χ2v) is 6.49. The summed E-state index contributed by atoms with van der Waals surface area (Å²) in [5.74, 6) is 4.97. The monoisotopic (exact) mass is 278 g/mol. The lowest BCUT2D eigenvalue weighted by atomic mass is 10.1. The van der Waals surface area contributed by atoms with Gasteiger partial charge >= 0.3 is 0 Å². The molecule has 1 amide bonds.